The molecule has 1 N–H and O–H groups in total. The van der Waals surface area contributed by atoms with Crippen molar-refractivity contribution in [2.75, 3.05) is 5.32 Å². The van der Waals surface area contributed by atoms with Gasteiger partial charge in [0.2, 0.25) is 0 Å². The van der Waals surface area contributed by atoms with E-state index in [9.17, 15) is 8.78 Å². The molecule has 5 heteroatoms. The summed E-state index contributed by atoms with van der Waals surface area (Å²) >= 11 is 0. The molecule has 0 bridgehead atoms. The molecule has 0 saturated heterocycles. The minimum absolute atomic E-state index is 0.415. The molecule has 0 aliphatic heterocycles. The molecular weight excluding hydrogens is 164 g/mol. The van der Waals surface area contributed by atoms with Crippen molar-refractivity contribution in [1.82, 2.24) is 9.97 Å². The van der Waals surface area contributed by atoms with Gasteiger partial charge in [-0.15, -0.1) is 0 Å². The van der Waals surface area contributed by atoms with Gasteiger partial charge in [-0.3, -0.25) is 0 Å². The first-order chi connectivity index (χ1) is 5.70. The Balaban J connectivity index is 2.53. The van der Waals surface area contributed by atoms with Crippen LogP contribution in [-0.4, -0.2) is 22.4 Å². The van der Waals surface area contributed by atoms with E-state index in [1.165, 1.54) is 19.4 Å². The summed E-state index contributed by atoms with van der Waals surface area (Å²) in [5, 5.41) is 2.54. The fourth-order valence-electron chi connectivity index (χ4n) is 0.672. The van der Waals surface area contributed by atoms with E-state index >= 15 is 0 Å². The Morgan fingerprint density at radius 3 is 2.75 bits per heavy atom. The van der Waals surface area contributed by atoms with E-state index in [1.54, 1.807) is 6.07 Å². The predicted molar refractivity (Wildman–Crippen MR) is 41.1 cm³/mol. The van der Waals surface area contributed by atoms with Gasteiger partial charge in [0, 0.05) is 6.20 Å². The Labute approximate surface area is 68.8 Å². The van der Waals surface area contributed by atoms with E-state index < -0.39 is 12.5 Å². The molecule has 1 aromatic rings. The number of rotatable bonds is 3. The first-order valence-corrected chi connectivity index (χ1v) is 3.51. The van der Waals surface area contributed by atoms with Crippen molar-refractivity contribution in [2.45, 2.75) is 19.4 Å². The fourth-order valence-corrected chi connectivity index (χ4v) is 0.672. The average molecular weight is 173 g/mol. The third-order valence-electron chi connectivity index (χ3n) is 1.34. The number of halogens is 2. The van der Waals surface area contributed by atoms with Crippen LogP contribution in [0.2, 0.25) is 0 Å². The minimum atomic E-state index is -2.39. The summed E-state index contributed by atoms with van der Waals surface area (Å²) < 4.78 is 24.0. The van der Waals surface area contributed by atoms with Crippen LogP contribution in [-0.2, 0) is 0 Å². The number of nitrogens with zero attached hydrogens (tertiary/aromatic N) is 2. The summed E-state index contributed by atoms with van der Waals surface area (Å²) in [6.07, 6.45) is 0.411. The molecule has 3 nitrogen and oxygen atoms in total. The second kappa shape index (κ2) is 3.94. The molecule has 12 heavy (non-hydrogen) atoms. The SMILES string of the molecule is CC(Nc1ccncn1)C(F)F. The molecule has 0 aliphatic rings. The summed E-state index contributed by atoms with van der Waals surface area (Å²) in [5.74, 6) is 0.415. The normalized spacial score (nSPS) is 13.0. The van der Waals surface area contributed by atoms with Gasteiger partial charge >= 0.3 is 0 Å². The molecule has 1 heterocycles. The van der Waals surface area contributed by atoms with Gasteiger partial charge < -0.3 is 5.32 Å². The molecular formula is C7H9F2N3. The number of hydrogen-bond donors (Lipinski definition) is 1. The summed E-state index contributed by atoms with van der Waals surface area (Å²) in [4.78, 5) is 7.40. The summed E-state index contributed by atoms with van der Waals surface area (Å²) in [6, 6.07) is 0.652. The maximum absolute atomic E-state index is 12.0. The Hall–Kier alpha value is -1.26. The molecule has 0 aliphatic carbocycles. The molecule has 0 aromatic carbocycles. The molecule has 0 spiro atoms. The van der Waals surface area contributed by atoms with Gasteiger partial charge in [-0.1, -0.05) is 0 Å². The lowest BCUT2D eigenvalue weighted by Crippen LogP contribution is -2.24. The van der Waals surface area contributed by atoms with Crippen molar-refractivity contribution in [1.29, 1.82) is 0 Å². The first-order valence-electron chi connectivity index (χ1n) is 3.51. The zero-order chi connectivity index (χ0) is 8.97. The molecule has 0 fully saturated rings. The molecule has 0 amide bonds. The number of alkyl halides is 2. The number of aromatic nitrogens is 2. The minimum Gasteiger partial charge on any atom is -0.362 e. The summed E-state index contributed by atoms with van der Waals surface area (Å²) in [7, 11) is 0. The molecule has 1 atom stereocenters. The van der Waals surface area contributed by atoms with Gasteiger partial charge in [0.15, 0.2) is 0 Å². The van der Waals surface area contributed by atoms with Gasteiger partial charge in [-0.2, -0.15) is 0 Å². The highest BCUT2D eigenvalue weighted by atomic mass is 19.3. The van der Waals surface area contributed by atoms with Crippen molar-refractivity contribution in [3.05, 3.63) is 18.6 Å². The highest BCUT2D eigenvalue weighted by Crippen LogP contribution is 2.07. The number of nitrogens with one attached hydrogen (secondary N) is 1. The topological polar surface area (TPSA) is 37.8 Å². The van der Waals surface area contributed by atoms with E-state index in [1.807, 2.05) is 0 Å². The van der Waals surface area contributed by atoms with Crippen LogP contribution >= 0.6 is 0 Å². The number of anilines is 1. The van der Waals surface area contributed by atoms with Gasteiger partial charge in [0.1, 0.15) is 12.1 Å². The first kappa shape index (κ1) is 8.83. The Morgan fingerprint density at radius 2 is 2.25 bits per heavy atom. The van der Waals surface area contributed by atoms with E-state index in [0.717, 1.165) is 0 Å². The van der Waals surface area contributed by atoms with Crippen LogP contribution in [0.4, 0.5) is 14.6 Å². The third-order valence-corrected chi connectivity index (χ3v) is 1.34. The zero-order valence-electron chi connectivity index (χ0n) is 6.54. The monoisotopic (exact) mass is 173 g/mol. The quantitative estimate of drug-likeness (QED) is 0.753. The van der Waals surface area contributed by atoms with Crippen LogP contribution in [0.1, 0.15) is 6.92 Å². The van der Waals surface area contributed by atoms with Crippen LogP contribution in [0.3, 0.4) is 0 Å². The van der Waals surface area contributed by atoms with Gasteiger partial charge in [-0.05, 0) is 13.0 Å². The molecule has 66 valence electrons. The zero-order valence-corrected chi connectivity index (χ0v) is 6.54. The van der Waals surface area contributed by atoms with Gasteiger partial charge in [0.05, 0.1) is 6.04 Å². The van der Waals surface area contributed by atoms with Crippen LogP contribution in [0, 0.1) is 0 Å². The van der Waals surface area contributed by atoms with E-state index in [0.29, 0.717) is 5.82 Å². The fraction of sp³-hybridized carbons (Fsp3) is 0.429. The lowest BCUT2D eigenvalue weighted by molar-refractivity contribution is 0.130. The summed E-state index contributed by atoms with van der Waals surface area (Å²) in [6.45, 7) is 1.40. The average Bonchev–Trinajstić information content (AvgIpc) is 2.06. The largest absolute Gasteiger partial charge is 0.362 e. The van der Waals surface area contributed by atoms with Crippen LogP contribution in [0.25, 0.3) is 0 Å². The second-order valence-electron chi connectivity index (χ2n) is 2.36. The lowest BCUT2D eigenvalue weighted by atomic mass is 10.3. The molecule has 1 unspecified atom stereocenters. The standard InChI is InChI=1S/C7H9F2N3/c1-5(7(8)9)12-6-2-3-10-4-11-6/h2-5,7H,1H3,(H,10,11,12). The van der Waals surface area contributed by atoms with E-state index in [-0.39, 0.29) is 0 Å². The smallest absolute Gasteiger partial charge is 0.258 e. The van der Waals surface area contributed by atoms with Gasteiger partial charge in [-0.25, -0.2) is 18.7 Å². The Morgan fingerprint density at radius 1 is 1.50 bits per heavy atom. The predicted octanol–water partition coefficient (Wildman–Crippen LogP) is 1.54. The van der Waals surface area contributed by atoms with Crippen LogP contribution < -0.4 is 5.32 Å². The molecule has 1 rings (SSSR count). The Kier molecular flexibility index (Phi) is 2.90. The molecule has 0 saturated carbocycles. The Bertz CT molecular complexity index is 227. The van der Waals surface area contributed by atoms with Crippen LogP contribution in [0.5, 0.6) is 0 Å². The van der Waals surface area contributed by atoms with E-state index in [4.69, 9.17) is 0 Å². The van der Waals surface area contributed by atoms with E-state index in [2.05, 4.69) is 15.3 Å². The highest BCUT2D eigenvalue weighted by molar-refractivity contribution is 5.32. The lowest BCUT2D eigenvalue weighted by Gasteiger charge is -2.12. The van der Waals surface area contributed by atoms with Crippen molar-refractivity contribution in [2.24, 2.45) is 0 Å². The maximum Gasteiger partial charge on any atom is 0.258 e. The molecule has 1 aromatic heterocycles. The maximum atomic E-state index is 12.0. The van der Waals surface area contributed by atoms with Crippen molar-refractivity contribution in [3.8, 4) is 0 Å². The molecule has 0 radical (unpaired) electrons. The van der Waals surface area contributed by atoms with Crippen molar-refractivity contribution in [3.63, 3.8) is 0 Å². The summed E-state index contributed by atoms with van der Waals surface area (Å²) in [5.41, 5.74) is 0. The van der Waals surface area contributed by atoms with Crippen molar-refractivity contribution < 1.29 is 8.78 Å². The van der Waals surface area contributed by atoms with Crippen molar-refractivity contribution >= 4 is 5.82 Å². The van der Waals surface area contributed by atoms with Crippen LogP contribution in [0.15, 0.2) is 18.6 Å². The number of hydrogen-bond acceptors (Lipinski definition) is 3. The highest BCUT2D eigenvalue weighted by Gasteiger charge is 2.13. The van der Waals surface area contributed by atoms with Gasteiger partial charge in [0.25, 0.3) is 6.43 Å². The third kappa shape index (κ3) is 2.41. The second-order valence-corrected chi connectivity index (χ2v) is 2.36.